The van der Waals surface area contributed by atoms with E-state index < -0.39 is 12.0 Å². The Kier molecular flexibility index (Phi) is 4.48. The summed E-state index contributed by atoms with van der Waals surface area (Å²) in [7, 11) is 0. The zero-order valence-electron chi connectivity index (χ0n) is 11.8. The van der Waals surface area contributed by atoms with Crippen molar-refractivity contribution in [2.45, 2.75) is 6.10 Å². The van der Waals surface area contributed by atoms with Crippen LogP contribution in [0.25, 0.3) is 10.8 Å². The minimum atomic E-state index is -1.36. The number of anilines is 1. The third kappa shape index (κ3) is 3.29. The number of carbonyl (C=O) groups excluding carboxylic acids is 1. The van der Waals surface area contributed by atoms with Gasteiger partial charge in [0.2, 0.25) is 0 Å². The number of nitrogens with one attached hydrogen (secondary N) is 1. The van der Waals surface area contributed by atoms with Crippen LogP contribution in [-0.2, 0) is 4.79 Å². The second-order valence-electron chi connectivity index (χ2n) is 4.97. The molecule has 0 aliphatic heterocycles. The summed E-state index contributed by atoms with van der Waals surface area (Å²) in [6, 6.07) is 12.1. The standard InChI is InChI=1S/C17H12Cl2N2O2/c18-13-6-5-10(7-14(13)19)16(22)17(23)21-15-9-20-8-11-3-1-2-4-12(11)15/h1-9,16,22H,(H,21,23)/t16-/m0/s1. The Bertz CT molecular complexity index is 878. The predicted molar refractivity (Wildman–Crippen MR) is 91.8 cm³/mol. The van der Waals surface area contributed by atoms with E-state index in [1.165, 1.54) is 12.1 Å². The average molecular weight is 347 g/mol. The molecule has 1 atom stereocenters. The number of benzene rings is 2. The van der Waals surface area contributed by atoms with Gasteiger partial charge in [-0.3, -0.25) is 9.78 Å². The monoisotopic (exact) mass is 346 g/mol. The largest absolute Gasteiger partial charge is 0.378 e. The summed E-state index contributed by atoms with van der Waals surface area (Å²) >= 11 is 11.8. The summed E-state index contributed by atoms with van der Waals surface area (Å²) < 4.78 is 0. The van der Waals surface area contributed by atoms with Gasteiger partial charge in [0.05, 0.1) is 21.9 Å². The molecule has 0 saturated heterocycles. The molecule has 0 saturated carbocycles. The Balaban J connectivity index is 1.86. The molecule has 0 unspecified atom stereocenters. The number of carbonyl (C=O) groups is 1. The maximum Gasteiger partial charge on any atom is 0.257 e. The Labute approximate surface area is 142 Å². The number of fused-ring (bicyclic) bond motifs is 1. The smallest absolute Gasteiger partial charge is 0.257 e. The van der Waals surface area contributed by atoms with Crippen LogP contribution in [0.2, 0.25) is 10.0 Å². The molecule has 4 nitrogen and oxygen atoms in total. The lowest BCUT2D eigenvalue weighted by Gasteiger charge is -2.13. The minimum Gasteiger partial charge on any atom is -0.378 e. The molecule has 1 heterocycles. The fraction of sp³-hybridized carbons (Fsp3) is 0.0588. The molecule has 3 aromatic rings. The maximum absolute atomic E-state index is 12.3. The summed E-state index contributed by atoms with van der Waals surface area (Å²) in [6.45, 7) is 0. The Morgan fingerprint density at radius 2 is 1.87 bits per heavy atom. The lowest BCUT2D eigenvalue weighted by molar-refractivity contribution is -0.124. The first-order valence-electron chi connectivity index (χ1n) is 6.83. The first kappa shape index (κ1) is 15.7. The van der Waals surface area contributed by atoms with Crippen molar-refractivity contribution >= 4 is 45.6 Å². The summed E-state index contributed by atoms with van der Waals surface area (Å²) in [5, 5.41) is 15.3. The zero-order valence-corrected chi connectivity index (χ0v) is 13.3. The van der Waals surface area contributed by atoms with Gasteiger partial charge in [-0.15, -0.1) is 0 Å². The van der Waals surface area contributed by atoms with Gasteiger partial charge >= 0.3 is 0 Å². The van der Waals surface area contributed by atoms with E-state index in [-0.39, 0.29) is 5.02 Å². The first-order chi connectivity index (χ1) is 11.1. The van der Waals surface area contributed by atoms with Gasteiger partial charge in [-0.1, -0.05) is 53.5 Å². The van der Waals surface area contributed by atoms with Crippen molar-refractivity contribution < 1.29 is 9.90 Å². The topological polar surface area (TPSA) is 62.2 Å². The number of hydrogen-bond donors (Lipinski definition) is 2. The van der Waals surface area contributed by atoms with Crippen LogP contribution in [0.5, 0.6) is 0 Å². The molecular formula is C17H12Cl2N2O2. The van der Waals surface area contributed by atoms with Gasteiger partial charge < -0.3 is 10.4 Å². The van der Waals surface area contributed by atoms with Crippen molar-refractivity contribution in [1.29, 1.82) is 0 Å². The van der Waals surface area contributed by atoms with Gasteiger partial charge in [-0.25, -0.2) is 0 Å². The van der Waals surface area contributed by atoms with E-state index >= 15 is 0 Å². The molecule has 0 fully saturated rings. The first-order valence-corrected chi connectivity index (χ1v) is 7.58. The molecule has 23 heavy (non-hydrogen) atoms. The summed E-state index contributed by atoms with van der Waals surface area (Å²) in [6.07, 6.45) is 1.89. The molecule has 2 aromatic carbocycles. The highest BCUT2D eigenvalue weighted by Gasteiger charge is 2.19. The van der Waals surface area contributed by atoms with Crippen LogP contribution in [-0.4, -0.2) is 16.0 Å². The van der Waals surface area contributed by atoms with E-state index in [1.54, 1.807) is 18.5 Å². The average Bonchev–Trinajstić information content (AvgIpc) is 2.57. The van der Waals surface area contributed by atoms with Crippen LogP contribution in [0.15, 0.2) is 54.9 Å². The number of halogens is 2. The Morgan fingerprint density at radius 1 is 1.09 bits per heavy atom. The Morgan fingerprint density at radius 3 is 2.65 bits per heavy atom. The molecule has 0 spiro atoms. The molecule has 3 rings (SSSR count). The van der Waals surface area contributed by atoms with Crippen molar-refractivity contribution in [2.24, 2.45) is 0 Å². The number of pyridine rings is 1. The number of aliphatic hydroxyl groups excluding tert-OH is 1. The van der Waals surface area contributed by atoms with Crippen molar-refractivity contribution in [1.82, 2.24) is 4.98 Å². The fourth-order valence-corrected chi connectivity index (χ4v) is 2.56. The number of aromatic nitrogens is 1. The van der Waals surface area contributed by atoms with Crippen LogP contribution < -0.4 is 5.32 Å². The maximum atomic E-state index is 12.3. The number of aliphatic hydroxyl groups is 1. The molecule has 2 N–H and O–H groups in total. The van der Waals surface area contributed by atoms with Gasteiger partial charge in [0.1, 0.15) is 0 Å². The van der Waals surface area contributed by atoms with E-state index in [9.17, 15) is 9.90 Å². The molecule has 6 heteroatoms. The number of amides is 1. The highest BCUT2D eigenvalue weighted by atomic mass is 35.5. The van der Waals surface area contributed by atoms with Gasteiger partial charge in [0, 0.05) is 17.0 Å². The van der Waals surface area contributed by atoms with Crippen LogP contribution >= 0.6 is 23.2 Å². The fourth-order valence-electron chi connectivity index (χ4n) is 2.25. The van der Waals surface area contributed by atoms with Crippen LogP contribution in [0.4, 0.5) is 5.69 Å². The summed E-state index contributed by atoms with van der Waals surface area (Å²) in [5.41, 5.74) is 0.900. The second-order valence-corrected chi connectivity index (χ2v) is 5.79. The zero-order chi connectivity index (χ0) is 16.4. The van der Waals surface area contributed by atoms with Gasteiger partial charge in [0.25, 0.3) is 5.91 Å². The lowest BCUT2D eigenvalue weighted by atomic mass is 10.1. The normalized spacial score (nSPS) is 12.1. The molecule has 0 radical (unpaired) electrons. The molecule has 0 bridgehead atoms. The van der Waals surface area contributed by atoms with Crippen LogP contribution in [0.1, 0.15) is 11.7 Å². The second kappa shape index (κ2) is 6.54. The third-order valence-electron chi connectivity index (χ3n) is 3.43. The van der Waals surface area contributed by atoms with Crippen molar-refractivity contribution in [3.05, 3.63) is 70.5 Å². The van der Waals surface area contributed by atoms with Crippen molar-refractivity contribution in [3.8, 4) is 0 Å². The van der Waals surface area contributed by atoms with Crippen molar-refractivity contribution in [2.75, 3.05) is 5.32 Å². The Hall–Kier alpha value is -2.14. The minimum absolute atomic E-state index is 0.280. The van der Waals surface area contributed by atoms with E-state index in [0.717, 1.165) is 10.8 Å². The summed E-state index contributed by atoms with van der Waals surface area (Å²) in [5.74, 6) is -0.568. The quantitative estimate of drug-likeness (QED) is 0.746. The SMILES string of the molecule is O=C(Nc1cncc2ccccc12)[C@@H](O)c1ccc(Cl)c(Cl)c1. The van der Waals surface area contributed by atoms with Gasteiger partial charge in [0.15, 0.2) is 6.10 Å². The summed E-state index contributed by atoms with van der Waals surface area (Å²) in [4.78, 5) is 16.4. The molecular weight excluding hydrogens is 335 g/mol. The lowest BCUT2D eigenvalue weighted by Crippen LogP contribution is -2.21. The molecule has 0 aliphatic rings. The van der Waals surface area contributed by atoms with Gasteiger partial charge in [-0.05, 0) is 17.7 Å². The number of nitrogens with zero attached hydrogens (tertiary/aromatic N) is 1. The molecule has 116 valence electrons. The van der Waals surface area contributed by atoms with Crippen molar-refractivity contribution in [3.63, 3.8) is 0 Å². The highest BCUT2D eigenvalue weighted by Crippen LogP contribution is 2.27. The predicted octanol–water partition coefficient (Wildman–Crippen LogP) is 4.21. The highest BCUT2D eigenvalue weighted by molar-refractivity contribution is 6.42. The van der Waals surface area contributed by atoms with Crippen LogP contribution in [0.3, 0.4) is 0 Å². The number of rotatable bonds is 3. The van der Waals surface area contributed by atoms with Crippen LogP contribution in [0, 0.1) is 0 Å². The third-order valence-corrected chi connectivity index (χ3v) is 4.17. The molecule has 0 aliphatic carbocycles. The number of hydrogen-bond acceptors (Lipinski definition) is 3. The van der Waals surface area contributed by atoms with E-state index in [2.05, 4.69) is 10.3 Å². The van der Waals surface area contributed by atoms with E-state index in [0.29, 0.717) is 16.3 Å². The molecule has 1 amide bonds. The van der Waals surface area contributed by atoms with E-state index in [4.69, 9.17) is 23.2 Å². The van der Waals surface area contributed by atoms with Gasteiger partial charge in [-0.2, -0.15) is 0 Å². The molecule has 1 aromatic heterocycles. The van der Waals surface area contributed by atoms with E-state index in [1.807, 2.05) is 24.3 Å².